The molecule has 1 aromatic rings. The molecular weight excluding hydrogens is 228 g/mol. The number of hydrogen-bond donors (Lipinski definition) is 2. The molecule has 1 aromatic heterocycles. The lowest BCUT2D eigenvalue weighted by atomic mass is 10.2. The molecule has 2 rings (SSSR count). The molecule has 2 N–H and O–H groups in total. The standard InChI is InChI=1S/C13H18N4O/c14-9-11-3-1-6-16-13(11)17(7-8-18)10-12-4-2-5-15-12/h1,3,6,12,15,18H,2,4-5,7-8,10H2. The molecule has 18 heavy (non-hydrogen) atoms. The van der Waals surface area contributed by atoms with Gasteiger partial charge in [-0.2, -0.15) is 5.26 Å². The zero-order chi connectivity index (χ0) is 12.8. The van der Waals surface area contributed by atoms with Gasteiger partial charge in [0, 0.05) is 25.3 Å². The van der Waals surface area contributed by atoms with Crippen molar-refractivity contribution in [3.63, 3.8) is 0 Å². The van der Waals surface area contributed by atoms with E-state index in [-0.39, 0.29) is 6.61 Å². The zero-order valence-corrected chi connectivity index (χ0v) is 10.3. The Labute approximate surface area is 107 Å². The Morgan fingerprint density at radius 3 is 3.17 bits per heavy atom. The van der Waals surface area contributed by atoms with Gasteiger partial charge in [0.05, 0.1) is 12.2 Å². The van der Waals surface area contributed by atoms with Crippen LogP contribution in [-0.2, 0) is 0 Å². The number of aliphatic hydroxyl groups is 1. The van der Waals surface area contributed by atoms with Crippen LogP contribution in [0.4, 0.5) is 5.82 Å². The molecule has 1 saturated heterocycles. The highest BCUT2D eigenvalue weighted by atomic mass is 16.3. The van der Waals surface area contributed by atoms with Gasteiger partial charge < -0.3 is 15.3 Å². The van der Waals surface area contributed by atoms with Gasteiger partial charge in [-0.05, 0) is 31.5 Å². The van der Waals surface area contributed by atoms with Crippen LogP contribution >= 0.6 is 0 Å². The van der Waals surface area contributed by atoms with Crippen molar-refractivity contribution < 1.29 is 5.11 Å². The van der Waals surface area contributed by atoms with E-state index >= 15 is 0 Å². The first kappa shape index (κ1) is 12.8. The third-order valence-electron chi connectivity index (χ3n) is 3.18. The van der Waals surface area contributed by atoms with Gasteiger partial charge >= 0.3 is 0 Å². The van der Waals surface area contributed by atoms with Crippen LogP contribution in [-0.4, -0.2) is 42.4 Å². The highest BCUT2D eigenvalue weighted by Gasteiger charge is 2.20. The maximum atomic E-state index is 9.16. The normalized spacial score (nSPS) is 18.6. The van der Waals surface area contributed by atoms with Gasteiger partial charge in [0.2, 0.25) is 0 Å². The largest absolute Gasteiger partial charge is 0.395 e. The van der Waals surface area contributed by atoms with Gasteiger partial charge in [-0.3, -0.25) is 0 Å². The van der Waals surface area contributed by atoms with Gasteiger partial charge in [-0.25, -0.2) is 4.98 Å². The second-order valence-corrected chi connectivity index (χ2v) is 4.45. The summed E-state index contributed by atoms with van der Waals surface area (Å²) in [6.07, 6.45) is 4.00. The van der Waals surface area contributed by atoms with Crippen molar-refractivity contribution in [3.8, 4) is 6.07 Å². The minimum atomic E-state index is 0.0637. The van der Waals surface area contributed by atoms with Crippen molar-refractivity contribution >= 4 is 5.82 Å². The highest BCUT2D eigenvalue weighted by molar-refractivity contribution is 5.53. The summed E-state index contributed by atoms with van der Waals surface area (Å²) in [7, 11) is 0. The molecule has 2 heterocycles. The van der Waals surface area contributed by atoms with E-state index in [0.717, 1.165) is 19.5 Å². The van der Waals surface area contributed by atoms with Gasteiger partial charge in [-0.15, -0.1) is 0 Å². The van der Waals surface area contributed by atoms with Crippen LogP contribution in [0.5, 0.6) is 0 Å². The molecule has 0 bridgehead atoms. The topological polar surface area (TPSA) is 72.2 Å². The number of aliphatic hydroxyl groups excluding tert-OH is 1. The zero-order valence-electron chi connectivity index (χ0n) is 10.3. The van der Waals surface area contributed by atoms with E-state index in [9.17, 15) is 0 Å². The molecule has 5 heteroatoms. The van der Waals surface area contributed by atoms with E-state index in [0.29, 0.717) is 24.0 Å². The molecule has 0 amide bonds. The lowest BCUT2D eigenvalue weighted by Gasteiger charge is -2.26. The molecule has 5 nitrogen and oxygen atoms in total. The number of aromatic nitrogens is 1. The number of rotatable bonds is 5. The number of nitrogens with one attached hydrogen (secondary N) is 1. The third kappa shape index (κ3) is 2.97. The molecule has 1 atom stereocenters. The Bertz CT molecular complexity index is 423. The average Bonchev–Trinajstić information content (AvgIpc) is 2.91. The Kier molecular flexibility index (Phi) is 4.51. The SMILES string of the molecule is N#Cc1cccnc1N(CCO)CC1CCCN1. The third-order valence-corrected chi connectivity index (χ3v) is 3.18. The van der Waals surface area contributed by atoms with Crippen molar-refractivity contribution in [2.45, 2.75) is 18.9 Å². The summed E-state index contributed by atoms with van der Waals surface area (Å²) >= 11 is 0. The first-order valence-electron chi connectivity index (χ1n) is 6.29. The summed E-state index contributed by atoms with van der Waals surface area (Å²) in [5.41, 5.74) is 0.559. The summed E-state index contributed by atoms with van der Waals surface area (Å²) in [5, 5.41) is 21.7. The fraction of sp³-hybridized carbons (Fsp3) is 0.538. The molecule has 1 aliphatic heterocycles. The lowest BCUT2D eigenvalue weighted by molar-refractivity contribution is 0.300. The molecule has 1 unspecified atom stereocenters. The molecule has 1 aliphatic rings. The summed E-state index contributed by atoms with van der Waals surface area (Å²) in [5.74, 6) is 0.669. The van der Waals surface area contributed by atoms with Crippen molar-refractivity contribution in [2.75, 3.05) is 31.1 Å². The number of nitriles is 1. The van der Waals surface area contributed by atoms with E-state index in [1.165, 1.54) is 6.42 Å². The first-order valence-corrected chi connectivity index (χ1v) is 6.29. The molecular formula is C13H18N4O. The number of anilines is 1. The van der Waals surface area contributed by atoms with Crippen molar-refractivity contribution in [1.82, 2.24) is 10.3 Å². The highest BCUT2D eigenvalue weighted by Crippen LogP contribution is 2.18. The fourth-order valence-corrected chi connectivity index (χ4v) is 2.32. The van der Waals surface area contributed by atoms with E-state index < -0.39 is 0 Å². The van der Waals surface area contributed by atoms with Gasteiger partial charge in [0.15, 0.2) is 0 Å². The van der Waals surface area contributed by atoms with Crippen LogP contribution in [0.15, 0.2) is 18.3 Å². The average molecular weight is 246 g/mol. The first-order chi connectivity index (χ1) is 8.85. The predicted octanol–water partition coefficient (Wildman–Crippen LogP) is 0.504. The monoisotopic (exact) mass is 246 g/mol. The second-order valence-electron chi connectivity index (χ2n) is 4.45. The Morgan fingerprint density at radius 1 is 1.61 bits per heavy atom. The summed E-state index contributed by atoms with van der Waals surface area (Å²) in [6, 6.07) is 6.09. The Balaban J connectivity index is 2.15. The van der Waals surface area contributed by atoms with E-state index in [1.54, 1.807) is 18.3 Å². The molecule has 0 aliphatic carbocycles. The minimum absolute atomic E-state index is 0.0637. The van der Waals surface area contributed by atoms with Crippen molar-refractivity contribution in [3.05, 3.63) is 23.9 Å². The molecule has 96 valence electrons. The summed E-state index contributed by atoms with van der Waals surface area (Å²) in [6.45, 7) is 2.40. The van der Waals surface area contributed by atoms with Crippen LogP contribution < -0.4 is 10.2 Å². The molecule has 0 aromatic carbocycles. The molecule has 0 spiro atoms. The number of hydrogen-bond acceptors (Lipinski definition) is 5. The van der Waals surface area contributed by atoms with E-state index in [2.05, 4.69) is 16.4 Å². The lowest BCUT2D eigenvalue weighted by Crippen LogP contribution is -2.39. The van der Waals surface area contributed by atoms with Gasteiger partial charge in [0.1, 0.15) is 11.9 Å². The predicted molar refractivity (Wildman–Crippen MR) is 69.3 cm³/mol. The smallest absolute Gasteiger partial charge is 0.146 e. The van der Waals surface area contributed by atoms with Crippen LogP contribution in [0.1, 0.15) is 18.4 Å². The summed E-state index contributed by atoms with van der Waals surface area (Å²) < 4.78 is 0. The van der Waals surface area contributed by atoms with Crippen molar-refractivity contribution in [2.24, 2.45) is 0 Å². The van der Waals surface area contributed by atoms with E-state index in [1.807, 2.05) is 4.90 Å². The minimum Gasteiger partial charge on any atom is -0.395 e. The van der Waals surface area contributed by atoms with Crippen LogP contribution in [0.25, 0.3) is 0 Å². The Morgan fingerprint density at radius 2 is 2.50 bits per heavy atom. The number of nitrogens with zero attached hydrogens (tertiary/aromatic N) is 3. The quantitative estimate of drug-likeness (QED) is 0.791. The number of pyridine rings is 1. The van der Waals surface area contributed by atoms with Crippen molar-refractivity contribution in [1.29, 1.82) is 5.26 Å². The molecule has 1 fully saturated rings. The summed E-state index contributed by atoms with van der Waals surface area (Å²) in [4.78, 5) is 6.26. The maximum Gasteiger partial charge on any atom is 0.146 e. The molecule has 0 radical (unpaired) electrons. The second kappa shape index (κ2) is 6.34. The van der Waals surface area contributed by atoms with Gasteiger partial charge in [-0.1, -0.05) is 0 Å². The van der Waals surface area contributed by atoms with Crippen LogP contribution in [0, 0.1) is 11.3 Å². The van der Waals surface area contributed by atoms with Gasteiger partial charge in [0.25, 0.3) is 0 Å². The van der Waals surface area contributed by atoms with Crippen LogP contribution in [0.3, 0.4) is 0 Å². The van der Waals surface area contributed by atoms with E-state index in [4.69, 9.17) is 10.4 Å². The maximum absolute atomic E-state index is 9.16. The Hall–Kier alpha value is -1.64. The molecule has 0 saturated carbocycles. The van der Waals surface area contributed by atoms with Crippen LogP contribution in [0.2, 0.25) is 0 Å². The fourth-order valence-electron chi connectivity index (χ4n) is 2.32.